The molecular weight excluding hydrogens is 200 g/mol. The third-order valence-corrected chi connectivity index (χ3v) is 2.44. The van der Waals surface area contributed by atoms with Crippen molar-refractivity contribution < 1.29 is 4.79 Å². The minimum atomic E-state index is -0.288. The molecule has 1 amide bonds. The van der Waals surface area contributed by atoms with Crippen molar-refractivity contribution >= 4 is 34.5 Å². The number of carbonyl (C=O) groups is 1. The normalized spacial score (nSPS) is 25.1. The number of hydrogen-bond acceptors (Lipinski definition) is 4. The third-order valence-electron chi connectivity index (χ3n) is 1.90. The second kappa shape index (κ2) is 3.38. The summed E-state index contributed by atoms with van der Waals surface area (Å²) in [5, 5.41) is 10.7. The minimum absolute atomic E-state index is 0.199. The summed E-state index contributed by atoms with van der Waals surface area (Å²) in [6.07, 6.45) is 4.87. The highest BCUT2D eigenvalue weighted by Crippen LogP contribution is 2.16. The van der Waals surface area contributed by atoms with Gasteiger partial charge in [0, 0.05) is 6.08 Å². The molecule has 0 saturated heterocycles. The zero-order valence-corrected chi connectivity index (χ0v) is 8.26. The summed E-state index contributed by atoms with van der Waals surface area (Å²) in [5.74, 6) is 0.233. The number of hydrogen-bond donors (Lipinski definition) is 2. The second-order valence-corrected chi connectivity index (χ2v) is 3.58. The lowest BCUT2D eigenvalue weighted by atomic mass is 10.0. The maximum absolute atomic E-state index is 11.0. The van der Waals surface area contributed by atoms with Crippen molar-refractivity contribution in [3.63, 3.8) is 0 Å². The first-order valence-corrected chi connectivity index (χ1v) is 5.22. The number of thioether (sulfide) groups is 1. The molecule has 0 fully saturated rings. The lowest BCUT2D eigenvalue weighted by molar-refractivity contribution is -0.115. The van der Waals surface area contributed by atoms with Crippen LogP contribution in [0.15, 0.2) is 22.1 Å². The fraction of sp³-hybridized carbons (Fsp3) is 0.250. The highest BCUT2D eigenvalue weighted by atomic mass is 32.2. The van der Waals surface area contributed by atoms with Crippen LogP contribution in [0.4, 0.5) is 0 Å². The zero-order chi connectivity index (χ0) is 10.1. The van der Waals surface area contributed by atoms with Crippen molar-refractivity contribution in [1.29, 1.82) is 5.41 Å². The Morgan fingerprint density at radius 1 is 1.57 bits per heavy atom. The van der Waals surface area contributed by atoms with Gasteiger partial charge in [-0.2, -0.15) is 0 Å². The summed E-state index contributed by atoms with van der Waals surface area (Å²) < 4.78 is 0. The van der Waals surface area contributed by atoms with Gasteiger partial charge in [0.2, 0.25) is 5.91 Å². The quantitative estimate of drug-likeness (QED) is 0.604. The van der Waals surface area contributed by atoms with Gasteiger partial charge in [0.05, 0.1) is 5.92 Å². The van der Waals surface area contributed by atoms with Crippen LogP contribution >= 0.6 is 11.8 Å². The first-order chi connectivity index (χ1) is 6.70. The van der Waals surface area contributed by atoms with Crippen LogP contribution in [0.25, 0.3) is 0 Å². The van der Waals surface area contributed by atoms with Crippen LogP contribution in [0.3, 0.4) is 0 Å². The van der Waals surface area contributed by atoms with Crippen LogP contribution in [-0.2, 0) is 4.79 Å². The maximum atomic E-state index is 11.0. The summed E-state index contributed by atoms with van der Waals surface area (Å²) in [7, 11) is 0. The summed E-state index contributed by atoms with van der Waals surface area (Å²) in [4.78, 5) is 19.1. The summed E-state index contributed by atoms with van der Waals surface area (Å²) in [6, 6.07) is 0. The van der Waals surface area contributed by atoms with Gasteiger partial charge >= 0.3 is 0 Å². The monoisotopic (exact) mass is 208 g/mol. The number of carbonyl (C=O) groups excluding carboxylic acids is 1. The van der Waals surface area contributed by atoms with Gasteiger partial charge in [0.15, 0.2) is 5.17 Å². The van der Waals surface area contributed by atoms with Gasteiger partial charge in [-0.25, -0.2) is 9.98 Å². The van der Waals surface area contributed by atoms with Crippen LogP contribution < -0.4 is 5.32 Å². The second-order valence-electron chi connectivity index (χ2n) is 2.81. The third kappa shape index (κ3) is 1.48. The van der Waals surface area contributed by atoms with Crippen molar-refractivity contribution in [1.82, 2.24) is 5.32 Å². The molecule has 0 saturated carbocycles. The number of aliphatic imine (C=N–C) groups is 2. The lowest BCUT2D eigenvalue weighted by Crippen LogP contribution is -2.42. The van der Waals surface area contributed by atoms with E-state index in [9.17, 15) is 4.79 Å². The molecule has 0 bridgehead atoms. The van der Waals surface area contributed by atoms with Gasteiger partial charge in [-0.05, 0) is 6.26 Å². The lowest BCUT2D eigenvalue weighted by Gasteiger charge is -2.22. The molecule has 2 aliphatic rings. The van der Waals surface area contributed by atoms with Crippen LogP contribution in [0.2, 0.25) is 0 Å². The van der Waals surface area contributed by atoms with Crippen molar-refractivity contribution in [2.45, 2.75) is 0 Å². The van der Waals surface area contributed by atoms with Crippen molar-refractivity contribution in [2.24, 2.45) is 15.9 Å². The first-order valence-electron chi connectivity index (χ1n) is 3.99. The maximum Gasteiger partial charge on any atom is 0.249 e. The summed E-state index contributed by atoms with van der Waals surface area (Å²) >= 11 is 1.35. The molecule has 0 aromatic carbocycles. The molecule has 0 radical (unpaired) electrons. The Morgan fingerprint density at radius 2 is 2.36 bits per heavy atom. The van der Waals surface area contributed by atoms with Gasteiger partial charge in [-0.1, -0.05) is 17.8 Å². The molecule has 6 heteroatoms. The Balaban J connectivity index is 2.38. The number of fused-ring (bicyclic) bond motifs is 1. The van der Waals surface area contributed by atoms with Crippen LogP contribution in [0.1, 0.15) is 0 Å². The van der Waals surface area contributed by atoms with Gasteiger partial charge < -0.3 is 5.32 Å². The SMILES string of the molecule is CSC1=NC(=N)C2C=CC(=O)NC2=N1. The molecule has 14 heavy (non-hydrogen) atoms. The van der Waals surface area contributed by atoms with Crippen molar-refractivity contribution in [2.75, 3.05) is 6.26 Å². The molecule has 1 unspecified atom stereocenters. The topological polar surface area (TPSA) is 77.7 Å². The number of nitrogens with zero attached hydrogens (tertiary/aromatic N) is 2. The first kappa shape index (κ1) is 9.14. The van der Waals surface area contributed by atoms with E-state index in [2.05, 4.69) is 15.3 Å². The Labute approximate surface area is 84.9 Å². The van der Waals surface area contributed by atoms with E-state index in [0.29, 0.717) is 11.0 Å². The molecule has 0 aromatic heterocycles. The van der Waals surface area contributed by atoms with E-state index in [4.69, 9.17) is 5.41 Å². The van der Waals surface area contributed by atoms with Gasteiger partial charge in [-0.3, -0.25) is 10.2 Å². The molecule has 5 nitrogen and oxygen atoms in total. The highest BCUT2D eigenvalue weighted by molar-refractivity contribution is 8.13. The van der Waals surface area contributed by atoms with Crippen molar-refractivity contribution in [3.05, 3.63) is 12.2 Å². The Morgan fingerprint density at radius 3 is 3.07 bits per heavy atom. The van der Waals surface area contributed by atoms with Gasteiger partial charge in [0.1, 0.15) is 11.7 Å². The summed E-state index contributed by atoms with van der Waals surface area (Å²) in [5.41, 5.74) is 0. The molecule has 0 spiro atoms. The van der Waals surface area contributed by atoms with E-state index in [-0.39, 0.29) is 17.7 Å². The minimum Gasteiger partial charge on any atom is -0.310 e. The smallest absolute Gasteiger partial charge is 0.249 e. The summed E-state index contributed by atoms with van der Waals surface area (Å²) in [6.45, 7) is 0. The highest BCUT2D eigenvalue weighted by Gasteiger charge is 2.27. The fourth-order valence-electron chi connectivity index (χ4n) is 1.23. The van der Waals surface area contributed by atoms with E-state index in [1.54, 1.807) is 6.08 Å². The van der Waals surface area contributed by atoms with Gasteiger partial charge in [0.25, 0.3) is 0 Å². The molecular formula is C8H8N4OS. The fourth-order valence-corrected chi connectivity index (χ4v) is 1.61. The Hall–Kier alpha value is -1.43. The molecule has 0 aliphatic carbocycles. The molecule has 0 aromatic rings. The van der Waals surface area contributed by atoms with E-state index in [1.807, 2.05) is 6.26 Å². The zero-order valence-electron chi connectivity index (χ0n) is 7.44. The molecule has 1 atom stereocenters. The Bertz CT molecular complexity index is 396. The standard InChI is InChI=1S/C8H8N4OS/c1-14-8-11-6(9)4-2-3-5(13)10-7(4)12-8/h2-4H,1H3,(H2,9,10,11,12,13). The molecule has 2 rings (SSSR count). The van der Waals surface area contributed by atoms with E-state index in [1.165, 1.54) is 17.8 Å². The number of amides is 1. The predicted molar refractivity (Wildman–Crippen MR) is 56.9 cm³/mol. The van der Waals surface area contributed by atoms with E-state index >= 15 is 0 Å². The van der Waals surface area contributed by atoms with Crippen LogP contribution in [0, 0.1) is 11.3 Å². The predicted octanol–water partition coefficient (Wildman–Crippen LogP) is 0.397. The molecule has 2 aliphatic heterocycles. The molecule has 2 heterocycles. The van der Waals surface area contributed by atoms with Crippen LogP contribution in [0.5, 0.6) is 0 Å². The van der Waals surface area contributed by atoms with Crippen molar-refractivity contribution in [3.8, 4) is 0 Å². The van der Waals surface area contributed by atoms with E-state index < -0.39 is 0 Å². The molecule has 72 valence electrons. The number of amidine groups is 3. The average molecular weight is 208 g/mol. The molecule has 2 N–H and O–H groups in total. The Kier molecular flexibility index (Phi) is 2.20. The van der Waals surface area contributed by atoms with Gasteiger partial charge in [-0.15, -0.1) is 0 Å². The number of nitrogens with one attached hydrogen (secondary N) is 2. The largest absolute Gasteiger partial charge is 0.310 e. The average Bonchev–Trinajstić information content (AvgIpc) is 2.16. The number of rotatable bonds is 0. The van der Waals surface area contributed by atoms with E-state index in [0.717, 1.165) is 0 Å². The van der Waals surface area contributed by atoms with Crippen LogP contribution in [-0.4, -0.2) is 29.0 Å².